The first-order valence-electron chi connectivity index (χ1n) is 7.59. The molecule has 3 nitrogen and oxygen atoms in total. The smallest absolute Gasteiger partial charge is 0.194 e. The monoisotopic (exact) mass is 273 g/mol. The molecule has 20 heavy (non-hydrogen) atoms. The summed E-state index contributed by atoms with van der Waals surface area (Å²) in [6.07, 6.45) is 6.63. The van der Waals surface area contributed by atoms with Crippen LogP contribution in [0, 0.1) is 11.3 Å². The highest BCUT2D eigenvalue weighted by molar-refractivity contribution is 5.33. The Morgan fingerprint density at radius 2 is 1.80 bits per heavy atom. The van der Waals surface area contributed by atoms with E-state index in [0.717, 1.165) is 38.0 Å². The molecular weight excluding hydrogens is 250 g/mol. The Bertz CT molecular complexity index is 441. The Kier molecular flexibility index (Phi) is 5.58. The van der Waals surface area contributed by atoms with Crippen molar-refractivity contribution in [2.24, 2.45) is 0 Å². The molecule has 0 N–H and O–H groups in total. The minimum absolute atomic E-state index is 0.597. The predicted octanol–water partition coefficient (Wildman–Crippen LogP) is 4.12. The topological polar surface area (TPSA) is 42.2 Å². The predicted molar refractivity (Wildman–Crippen MR) is 78.1 cm³/mol. The molecule has 0 amide bonds. The second-order valence-corrected chi connectivity index (χ2v) is 5.30. The van der Waals surface area contributed by atoms with Crippen LogP contribution in [0.2, 0.25) is 0 Å². The van der Waals surface area contributed by atoms with Crippen molar-refractivity contribution < 1.29 is 9.47 Å². The van der Waals surface area contributed by atoms with Crippen LogP contribution in [0.25, 0.3) is 0 Å². The molecule has 2 rings (SSSR count). The van der Waals surface area contributed by atoms with Crippen molar-refractivity contribution in [1.82, 2.24) is 0 Å². The van der Waals surface area contributed by atoms with E-state index >= 15 is 0 Å². The number of nitrogens with zero attached hydrogens (tertiary/aromatic N) is 1. The first-order valence-corrected chi connectivity index (χ1v) is 7.59. The van der Waals surface area contributed by atoms with E-state index in [-0.39, 0.29) is 0 Å². The van der Waals surface area contributed by atoms with Crippen LogP contribution in [-0.4, -0.2) is 13.2 Å². The summed E-state index contributed by atoms with van der Waals surface area (Å²) in [5.74, 6) is -0.597. The van der Waals surface area contributed by atoms with Gasteiger partial charge in [-0.15, -0.1) is 0 Å². The van der Waals surface area contributed by atoms with E-state index in [0.29, 0.717) is 5.56 Å². The van der Waals surface area contributed by atoms with Gasteiger partial charge in [0.25, 0.3) is 0 Å². The van der Waals surface area contributed by atoms with Gasteiger partial charge in [-0.3, -0.25) is 0 Å². The third-order valence-corrected chi connectivity index (χ3v) is 3.77. The van der Waals surface area contributed by atoms with E-state index in [1.807, 2.05) is 24.3 Å². The molecule has 0 saturated carbocycles. The van der Waals surface area contributed by atoms with Gasteiger partial charge in [0.1, 0.15) is 0 Å². The molecule has 0 bridgehead atoms. The molecule has 0 aliphatic carbocycles. The van der Waals surface area contributed by atoms with Crippen molar-refractivity contribution in [2.75, 3.05) is 13.2 Å². The Balaban J connectivity index is 2.10. The van der Waals surface area contributed by atoms with Gasteiger partial charge in [0.15, 0.2) is 5.79 Å². The number of ether oxygens (including phenoxy) is 2. The molecule has 1 aromatic rings. The number of hydrogen-bond donors (Lipinski definition) is 0. The van der Waals surface area contributed by atoms with E-state index in [4.69, 9.17) is 14.7 Å². The lowest BCUT2D eigenvalue weighted by molar-refractivity contribution is -0.280. The van der Waals surface area contributed by atoms with Gasteiger partial charge in [0.05, 0.1) is 24.8 Å². The summed E-state index contributed by atoms with van der Waals surface area (Å²) in [5, 5.41) is 8.89. The van der Waals surface area contributed by atoms with Crippen molar-refractivity contribution in [2.45, 2.75) is 51.2 Å². The molecule has 1 fully saturated rings. The Morgan fingerprint density at radius 3 is 2.40 bits per heavy atom. The average molecular weight is 273 g/mol. The lowest BCUT2D eigenvalue weighted by atomic mass is 9.97. The summed E-state index contributed by atoms with van der Waals surface area (Å²) < 4.78 is 12.0. The van der Waals surface area contributed by atoms with Crippen LogP contribution in [0.4, 0.5) is 0 Å². The van der Waals surface area contributed by atoms with E-state index in [1.165, 1.54) is 19.3 Å². The van der Waals surface area contributed by atoms with E-state index in [2.05, 4.69) is 13.0 Å². The summed E-state index contributed by atoms with van der Waals surface area (Å²) in [6.45, 7) is 3.70. The van der Waals surface area contributed by atoms with Crippen molar-refractivity contribution in [3.05, 3.63) is 35.4 Å². The van der Waals surface area contributed by atoms with Crippen LogP contribution in [0.5, 0.6) is 0 Å². The van der Waals surface area contributed by atoms with Gasteiger partial charge in [0.2, 0.25) is 0 Å². The standard InChI is InChI=1S/C17H23NO2/c1-2-3-4-5-11-17(19-12-6-13-20-17)16-9-7-15(14-18)8-10-16/h7-10H,2-6,11-13H2,1H3. The fourth-order valence-electron chi connectivity index (χ4n) is 2.61. The van der Waals surface area contributed by atoms with Crippen LogP contribution in [0.1, 0.15) is 56.6 Å². The van der Waals surface area contributed by atoms with Crippen LogP contribution < -0.4 is 0 Å². The van der Waals surface area contributed by atoms with Crippen molar-refractivity contribution in [3.63, 3.8) is 0 Å². The van der Waals surface area contributed by atoms with Gasteiger partial charge < -0.3 is 9.47 Å². The highest BCUT2D eigenvalue weighted by Crippen LogP contribution is 2.36. The Hall–Kier alpha value is -1.37. The summed E-state index contributed by atoms with van der Waals surface area (Å²) in [5.41, 5.74) is 1.71. The molecular formula is C17H23NO2. The lowest BCUT2D eigenvalue weighted by Gasteiger charge is -2.37. The van der Waals surface area contributed by atoms with Gasteiger partial charge in [-0.05, 0) is 25.0 Å². The fraction of sp³-hybridized carbons (Fsp3) is 0.588. The molecule has 1 aliphatic heterocycles. The van der Waals surface area contributed by atoms with Crippen LogP contribution in [0.15, 0.2) is 24.3 Å². The lowest BCUT2D eigenvalue weighted by Crippen LogP contribution is -2.38. The Morgan fingerprint density at radius 1 is 1.10 bits per heavy atom. The van der Waals surface area contributed by atoms with Crippen LogP contribution in [0.3, 0.4) is 0 Å². The number of benzene rings is 1. The zero-order chi connectivity index (χ0) is 14.3. The van der Waals surface area contributed by atoms with Crippen molar-refractivity contribution in [1.29, 1.82) is 5.26 Å². The first kappa shape index (κ1) is 15.0. The highest BCUT2D eigenvalue weighted by Gasteiger charge is 2.36. The Labute approximate surface area is 121 Å². The number of unbranched alkanes of at least 4 members (excludes halogenated alkanes) is 3. The third kappa shape index (κ3) is 3.59. The minimum atomic E-state index is -0.597. The molecule has 0 aromatic heterocycles. The molecule has 1 saturated heterocycles. The minimum Gasteiger partial charge on any atom is -0.346 e. The molecule has 0 spiro atoms. The number of nitriles is 1. The van der Waals surface area contributed by atoms with E-state index in [1.54, 1.807) is 0 Å². The largest absolute Gasteiger partial charge is 0.346 e. The normalized spacial score (nSPS) is 17.6. The molecule has 1 aliphatic rings. The quantitative estimate of drug-likeness (QED) is 0.732. The van der Waals surface area contributed by atoms with Crippen LogP contribution >= 0.6 is 0 Å². The fourth-order valence-corrected chi connectivity index (χ4v) is 2.61. The SMILES string of the molecule is CCCCCCC1(c2ccc(C#N)cc2)OCCCO1. The second-order valence-electron chi connectivity index (χ2n) is 5.30. The van der Waals surface area contributed by atoms with Gasteiger partial charge in [0, 0.05) is 12.0 Å². The molecule has 1 aromatic carbocycles. The average Bonchev–Trinajstić information content (AvgIpc) is 2.53. The first-order chi connectivity index (χ1) is 9.80. The van der Waals surface area contributed by atoms with Gasteiger partial charge >= 0.3 is 0 Å². The molecule has 0 radical (unpaired) electrons. The maximum atomic E-state index is 8.89. The highest BCUT2D eigenvalue weighted by atomic mass is 16.7. The molecule has 1 heterocycles. The third-order valence-electron chi connectivity index (χ3n) is 3.77. The molecule has 0 unspecified atom stereocenters. The second kappa shape index (κ2) is 7.42. The maximum Gasteiger partial charge on any atom is 0.194 e. The van der Waals surface area contributed by atoms with E-state index in [9.17, 15) is 0 Å². The van der Waals surface area contributed by atoms with Gasteiger partial charge in [-0.2, -0.15) is 5.26 Å². The molecule has 0 atom stereocenters. The van der Waals surface area contributed by atoms with Gasteiger partial charge in [-0.25, -0.2) is 0 Å². The molecule has 108 valence electrons. The summed E-state index contributed by atoms with van der Waals surface area (Å²) >= 11 is 0. The number of hydrogen-bond acceptors (Lipinski definition) is 3. The van der Waals surface area contributed by atoms with Crippen LogP contribution in [-0.2, 0) is 15.3 Å². The summed E-state index contributed by atoms with van der Waals surface area (Å²) in [4.78, 5) is 0. The van der Waals surface area contributed by atoms with Crippen molar-refractivity contribution in [3.8, 4) is 6.07 Å². The molecule has 3 heteroatoms. The zero-order valence-electron chi connectivity index (χ0n) is 12.2. The van der Waals surface area contributed by atoms with Gasteiger partial charge in [-0.1, -0.05) is 38.3 Å². The van der Waals surface area contributed by atoms with Crippen molar-refractivity contribution >= 4 is 0 Å². The maximum absolute atomic E-state index is 8.89. The summed E-state index contributed by atoms with van der Waals surface area (Å²) in [7, 11) is 0. The zero-order valence-corrected chi connectivity index (χ0v) is 12.2. The number of rotatable bonds is 6. The summed E-state index contributed by atoms with van der Waals surface area (Å²) in [6, 6.07) is 9.75. The van der Waals surface area contributed by atoms with E-state index < -0.39 is 5.79 Å².